The minimum Gasteiger partial charge on any atom is -0.861 e. The van der Waals surface area contributed by atoms with Crippen molar-refractivity contribution in [3.05, 3.63) is 132 Å². The molecule has 0 amide bonds. The van der Waals surface area contributed by atoms with E-state index in [0.29, 0.717) is 25.5 Å². The average Bonchev–Trinajstić information content (AvgIpc) is 3.01. The molecule has 0 spiro atoms. The number of aliphatic imine (C=N–C) groups is 1. The van der Waals surface area contributed by atoms with Gasteiger partial charge in [-0.25, -0.2) is 28.6 Å². The van der Waals surface area contributed by atoms with Crippen molar-refractivity contribution < 1.29 is 50.5 Å². The molecule has 12 heteroatoms. The molecule has 2 aromatic carbocycles. The van der Waals surface area contributed by atoms with E-state index in [1.165, 1.54) is 0 Å². The summed E-state index contributed by atoms with van der Waals surface area (Å²) in [5.41, 5.74) is 6.21. The zero-order valence-electron chi connectivity index (χ0n) is 26.1. The van der Waals surface area contributed by atoms with Crippen LogP contribution >= 0.6 is 0 Å². The first-order chi connectivity index (χ1) is 21.8. The standard InChI is InChI=1S/C35H35N5O.ClHO4.Ni/c1-35(2,3)34(41)39-33-22-12-19-30(38-33)25-40(23-28-17-10-20-31(36-28)26-13-6-4-7-14-26)24-29-18-11-21-32(37-29)27-15-8-5-9-16-27;2-1(3,4)5;/h4-22H,23-25H2,1-3H3,(H,38,39,41);(H,2,3,4,5);/q;;+2/p-2. The molecule has 0 saturated heterocycles. The van der Waals surface area contributed by atoms with E-state index < -0.39 is 15.7 Å². The molecule has 3 aromatic heterocycles. The maximum Gasteiger partial charge on any atom is 2.00 e. The summed E-state index contributed by atoms with van der Waals surface area (Å²) in [7, 11) is -4.94. The van der Waals surface area contributed by atoms with Crippen molar-refractivity contribution >= 4 is 11.7 Å². The van der Waals surface area contributed by atoms with Gasteiger partial charge in [0, 0.05) is 30.8 Å². The monoisotopic (exact) mass is 697 g/mol. The summed E-state index contributed by atoms with van der Waals surface area (Å²) in [6, 6.07) is 38.3. The van der Waals surface area contributed by atoms with E-state index in [-0.39, 0.29) is 22.4 Å². The molecule has 0 radical (unpaired) electrons. The number of halogens is 1. The molecule has 47 heavy (non-hydrogen) atoms. The zero-order valence-corrected chi connectivity index (χ0v) is 27.8. The van der Waals surface area contributed by atoms with Crippen LogP contribution in [0.5, 0.6) is 0 Å². The molecule has 246 valence electrons. The Morgan fingerprint density at radius 2 is 0.979 bits per heavy atom. The van der Waals surface area contributed by atoms with Crippen LogP contribution in [0.4, 0.5) is 5.82 Å². The smallest absolute Gasteiger partial charge is 0.861 e. The van der Waals surface area contributed by atoms with Crippen molar-refractivity contribution in [3.8, 4) is 22.5 Å². The van der Waals surface area contributed by atoms with Crippen LogP contribution in [0.2, 0.25) is 0 Å². The van der Waals surface area contributed by atoms with E-state index >= 15 is 0 Å². The third-order valence-electron chi connectivity index (χ3n) is 6.56. The minimum atomic E-state index is -4.94. The van der Waals surface area contributed by atoms with Gasteiger partial charge < -0.3 is 5.11 Å². The number of hydrogen-bond acceptors (Lipinski definition) is 10. The molecule has 10 nitrogen and oxygen atoms in total. The fraction of sp³-hybridized carbons (Fsp3) is 0.200. The van der Waals surface area contributed by atoms with Crippen LogP contribution in [0.3, 0.4) is 0 Å². The van der Waals surface area contributed by atoms with E-state index in [0.717, 1.165) is 39.6 Å². The summed E-state index contributed by atoms with van der Waals surface area (Å²) in [5, 5.41) is 12.5. The molecule has 0 atom stereocenters. The number of benzene rings is 2. The van der Waals surface area contributed by atoms with Crippen LogP contribution in [0.1, 0.15) is 37.9 Å². The Labute approximate surface area is 286 Å². The summed E-state index contributed by atoms with van der Waals surface area (Å²) in [5.74, 6) is 0.235. The molecule has 0 fully saturated rings. The first-order valence-electron chi connectivity index (χ1n) is 14.4. The summed E-state index contributed by atoms with van der Waals surface area (Å²) >= 11 is 0. The fourth-order valence-corrected chi connectivity index (χ4v) is 4.42. The van der Waals surface area contributed by atoms with Gasteiger partial charge in [0.1, 0.15) is 0 Å². The molecule has 5 rings (SSSR count). The third-order valence-corrected chi connectivity index (χ3v) is 6.56. The average molecular weight is 699 g/mol. The van der Waals surface area contributed by atoms with Crippen LogP contribution in [-0.4, -0.2) is 25.7 Å². The number of aromatic nitrogens is 3. The molecule has 3 heterocycles. The molecule has 0 aliphatic heterocycles. The first kappa shape index (κ1) is 37.4. The van der Waals surface area contributed by atoms with Gasteiger partial charge in [-0.3, -0.25) is 14.9 Å². The molecule has 0 aliphatic carbocycles. The van der Waals surface area contributed by atoms with Crippen LogP contribution < -0.4 is 23.7 Å². The Morgan fingerprint density at radius 1 is 0.596 bits per heavy atom. The maximum absolute atomic E-state index is 12.5. The Kier molecular flexibility index (Phi) is 13.7. The normalized spacial score (nSPS) is 11.8. The topological polar surface area (TPSA) is 170 Å². The van der Waals surface area contributed by atoms with Gasteiger partial charge in [-0.15, -0.1) is 10.2 Å². The van der Waals surface area contributed by atoms with Crippen LogP contribution in [-0.2, 0) is 36.1 Å². The Morgan fingerprint density at radius 3 is 1.38 bits per heavy atom. The van der Waals surface area contributed by atoms with Gasteiger partial charge in [-0.1, -0.05) is 99.6 Å². The van der Waals surface area contributed by atoms with Gasteiger partial charge in [0.2, 0.25) is 0 Å². The summed E-state index contributed by atoms with van der Waals surface area (Å²) in [4.78, 5) is 21.2. The van der Waals surface area contributed by atoms with Crippen LogP contribution in [0.25, 0.3) is 22.5 Å². The quantitative estimate of drug-likeness (QED) is 0.127. The number of pyridine rings is 3. The van der Waals surface area contributed by atoms with Crippen LogP contribution in [0, 0.1) is 15.7 Å². The van der Waals surface area contributed by atoms with Gasteiger partial charge in [-0.2, -0.15) is 0 Å². The Bertz CT molecular complexity index is 1640. The summed E-state index contributed by atoms with van der Waals surface area (Å²) in [6.07, 6.45) is 0. The third kappa shape index (κ3) is 12.9. The van der Waals surface area contributed by atoms with E-state index in [1.54, 1.807) is 6.07 Å². The van der Waals surface area contributed by atoms with E-state index in [1.807, 2.05) is 93.6 Å². The van der Waals surface area contributed by atoms with Crippen molar-refractivity contribution in [3.63, 3.8) is 0 Å². The first-order valence-corrected chi connectivity index (χ1v) is 15.7. The van der Waals surface area contributed by atoms with Crippen molar-refractivity contribution in [2.45, 2.75) is 40.4 Å². The van der Waals surface area contributed by atoms with E-state index in [2.05, 4.69) is 46.3 Å². The molecule has 0 aliphatic rings. The predicted octanol–water partition coefficient (Wildman–Crippen LogP) is 2.09. The molecule has 0 N–H and O–H groups in total. The van der Waals surface area contributed by atoms with E-state index in [9.17, 15) is 5.11 Å². The van der Waals surface area contributed by atoms with Crippen molar-refractivity contribution in [1.29, 1.82) is 0 Å². The molecule has 0 unspecified atom stereocenters. The van der Waals surface area contributed by atoms with Gasteiger partial charge in [0.25, 0.3) is 0 Å². The number of rotatable bonds is 9. The SMILES string of the molecule is CC(C)(C)/C([O-])=N/c1cccc(CN(Cc2cccc(-c3ccccc3)n2)Cc2cccc(-c3ccccc3)n2)n1.[Ni+2].[O-][Cl+3]([O-])([O-])[O-]. The van der Waals surface area contributed by atoms with Crippen molar-refractivity contribution in [2.24, 2.45) is 10.4 Å². The van der Waals surface area contributed by atoms with E-state index in [4.69, 9.17) is 33.6 Å². The Hall–Kier alpha value is -4.06. The van der Waals surface area contributed by atoms with Crippen molar-refractivity contribution in [1.82, 2.24) is 19.9 Å². The number of hydrogen-bond donors (Lipinski definition) is 0. The van der Waals surface area contributed by atoms with Gasteiger partial charge in [-0.05, 0) is 47.7 Å². The molecular weight excluding hydrogens is 665 g/mol. The number of nitrogens with zero attached hydrogens (tertiary/aromatic N) is 5. The van der Waals surface area contributed by atoms with Crippen LogP contribution in [0.15, 0.2) is 120 Å². The molecule has 0 bridgehead atoms. The molecule has 0 saturated carbocycles. The second-order valence-corrected chi connectivity index (χ2v) is 12.2. The van der Waals surface area contributed by atoms with Gasteiger partial charge >= 0.3 is 16.5 Å². The fourth-order valence-electron chi connectivity index (χ4n) is 4.42. The molecular formula is C35H34ClN5NiO5. The van der Waals surface area contributed by atoms with Crippen molar-refractivity contribution in [2.75, 3.05) is 0 Å². The maximum atomic E-state index is 12.5. The zero-order chi connectivity index (χ0) is 33.2. The van der Waals surface area contributed by atoms with Gasteiger partial charge in [0.15, 0.2) is 5.82 Å². The predicted molar refractivity (Wildman–Crippen MR) is 163 cm³/mol. The molecule has 5 aromatic rings. The Balaban J connectivity index is 0.000000930. The summed E-state index contributed by atoms with van der Waals surface area (Å²) < 4.78 is 34.0. The van der Waals surface area contributed by atoms with Gasteiger partial charge in [0.05, 0.1) is 28.5 Å². The largest absolute Gasteiger partial charge is 2.00 e. The second kappa shape index (κ2) is 17.2. The second-order valence-electron chi connectivity index (χ2n) is 11.4. The summed E-state index contributed by atoms with van der Waals surface area (Å²) in [6.45, 7) is 7.32. The minimum absolute atomic E-state index is 0.